The fourth-order valence-electron chi connectivity index (χ4n) is 1.76. The highest BCUT2D eigenvalue weighted by Gasteiger charge is 2.20. The third-order valence-corrected chi connectivity index (χ3v) is 2.60. The van der Waals surface area contributed by atoms with Crippen molar-refractivity contribution in [2.45, 2.75) is 13.8 Å². The monoisotopic (exact) mass is 264 g/mol. The van der Waals surface area contributed by atoms with Crippen LogP contribution in [0.3, 0.4) is 0 Å². The number of benzene rings is 1. The van der Waals surface area contributed by atoms with Crippen molar-refractivity contribution in [2.75, 3.05) is 18.0 Å². The number of rotatable bonds is 6. The molecule has 0 atom stereocenters. The Hall–Kier alpha value is -2.37. The van der Waals surface area contributed by atoms with Gasteiger partial charge in [-0.1, -0.05) is 12.2 Å². The lowest BCUT2D eigenvalue weighted by atomic mass is 10.1. The van der Waals surface area contributed by atoms with Gasteiger partial charge in [-0.2, -0.15) is 0 Å². The van der Waals surface area contributed by atoms with Crippen molar-refractivity contribution in [1.29, 1.82) is 0 Å². The SMILES string of the molecule is C=C(C)CN(CC)c1cc(C(=O)O)ccc1[N+](=O)[O-]. The van der Waals surface area contributed by atoms with Crippen LogP contribution in [0.4, 0.5) is 11.4 Å². The first kappa shape index (κ1) is 14.7. The predicted octanol–water partition coefficient (Wildman–Crippen LogP) is 2.70. The molecule has 1 N–H and O–H groups in total. The van der Waals surface area contributed by atoms with E-state index >= 15 is 0 Å². The number of nitro groups is 1. The second-order valence-electron chi connectivity index (χ2n) is 4.24. The number of carboxylic acid groups (broad SMARTS) is 1. The van der Waals surface area contributed by atoms with Crippen molar-refractivity contribution >= 4 is 17.3 Å². The maximum Gasteiger partial charge on any atom is 0.335 e. The summed E-state index contributed by atoms with van der Waals surface area (Å²) in [5, 5.41) is 20.0. The number of carbonyl (C=O) groups is 1. The summed E-state index contributed by atoms with van der Waals surface area (Å²) < 4.78 is 0. The van der Waals surface area contributed by atoms with E-state index in [2.05, 4.69) is 6.58 Å². The van der Waals surface area contributed by atoms with Crippen molar-refractivity contribution in [3.8, 4) is 0 Å². The van der Waals surface area contributed by atoms with Gasteiger partial charge in [-0.05, 0) is 26.0 Å². The molecule has 0 spiro atoms. The molecule has 1 aromatic rings. The zero-order chi connectivity index (χ0) is 14.6. The Balaban J connectivity index is 3.33. The van der Waals surface area contributed by atoms with Crippen LogP contribution < -0.4 is 4.90 Å². The molecule has 19 heavy (non-hydrogen) atoms. The van der Waals surface area contributed by atoms with Gasteiger partial charge in [-0.25, -0.2) is 4.79 Å². The molecule has 0 aliphatic heterocycles. The molecule has 0 aliphatic carbocycles. The summed E-state index contributed by atoms with van der Waals surface area (Å²) in [4.78, 5) is 23.2. The Bertz CT molecular complexity index is 525. The Morgan fingerprint density at radius 2 is 2.16 bits per heavy atom. The maximum absolute atomic E-state index is 11.0. The molecule has 0 unspecified atom stereocenters. The lowest BCUT2D eigenvalue weighted by Gasteiger charge is -2.23. The Kier molecular flexibility index (Phi) is 4.63. The number of nitro benzene ring substituents is 1. The highest BCUT2D eigenvalue weighted by atomic mass is 16.6. The van der Waals surface area contributed by atoms with Crippen molar-refractivity contribution in [3.63, 3.8) is 0 Å². The van der Waals surface area contributed by atoms with Crippen molar-refractivity contribution < 1.29 is 14.8 Å². The van der Waals surface area contributed by atoms with E-state index < -0.39 is 10.9 Å². The number of nitrogens with zero attached hydrogens (tertiary/aromatic N) is 2. The quantitative estimate of drug-likeness (QED) is 0.485. The van der Waals surface area contributed by atoms with Gasteiger partial charge in [0.05, 0.1) is 10.5 Å². The van der Waals surface area contributed by atoms with Gasteiger partial charge >= 0.3 is 5.97 Å². The standard InChI is InChI=1S/C13H16N2O4/c1-4-14(8-9(2)3)12-7-10(13(16)17)5-6-11(12)15(18)19/h5-7H,2,4,8H2,1,3H3,(H,16,17). The van der Waals surface area contributed by atoms with Crippen LogP contribution in [0.5, 0.6) is 0 Å². The minimum absolute atomic E-state index is 0.0285. The zero-order valence-electron chi connectivity index (χ0n) is 10.9. The number of likely N-dealkylation sites (N-methyl/N-ethyl adjacent to an activating group) is 1. The van der Waals surface area contributed by atoms with Gasteiger partial charge in [0, 0.05) is 19.2 Å². The molecule has 0 radical (unpaired) electrons. The normalized spacial score (nSPS) is 10.0. The van der Waals surface area contributed by atoms with Gasteiger partial charge in [-0.3, -0.25) is 10.1 Å². The Morgan fingerprint density at radius 1 is 1.53 bits per heavy atom. The number of hydrogen-bond acceptors (Lipinski definition) is 4. The van der Waals surface area contributed by atoms with Crippen LogP contribution in [0.25, 0.3) is 0 Å². The molecule has 102 valence electrons. The molecular formula is C13H16N2O4. The zero-order valence-corrected chi connectivity index (χ0v) is 10.9. The summed E-state index contributed by atoms with van der Waals surface area (Å²) >= 11 is 0. The molecule has 0 aliphatic rings. The summed E-state index contributed by atoms with van der Waals surface area (Å²) in [5.41, 5.74) is 1.07. The van der Waals surface area contributed by atoms with E-state index in [1.165, 1.54) is 18.2 Å². The van der Waals surface area contributed by atoms with Gasteiger partial charge in [0.25, 0.3) is 5.69 Å². The van der Waals surface area contributed by atoms with E-state index in [9.17, 15) is 14.9 Å². The number of anilines is 1. The average Bonchev–Trinajstić information content (AvgIpc) is 2.34. The van der Waals surface area contributed by atoms with Crippen molar-refractivity contribution in [2.24, 2.45) is 0 Å². The van der Waals surface area contributed by atoms with Crippen LogP contribution in [-0.2, 0) is 0 Å². The fraction of sp³-hybridized carbons (Fsp3) is 0.308. The van der Waals surface area contributed by atoms with Crippen molar-refractivity contribution in [3.05, 3.63) is 46.0 Å². The summed E-state index contributed by atoms with van der Waals surface area (Å²) in [7, 11) is 0. The second-order valence-corrected chi connectivity index (χ2v) is 4.24. The van der Waals surface area contributed by atoms with Gasteiger partial charge in [0.2, 0.25) is 0 Å². The number of hydrogen-bond donors (Lipinski definition) is 1. The van der Waals surface area contributed by atoms with Gasteiger partial charge < -0.3 is 10.0 Å². The van der Waals surface area contributed by atoms with Crippen LogP contribution in [-0.4, -0.2) is 29.1 Å². The highest BCUT2D eigenvalue weighted by Crippen LogP contribution is 2.29. The fourth-order valence-corrected chi connectivity index (χ4v) is 1.76. The van der Waals surface area contributed by atoms with E-state index in [1.807, 2.05) is 13.8 Å². The lowest BCUT2D eigenvalue weighted by molar-refractivity contribution is -0.384. The van der Waals surface area contributed by atoms with Gasteiger partial charge in [-0.15, -0.1) is 0 Å². The van der Waals surface area contributed by atoms with E-state index in [-0.39, 0.29) is 11.3 Å². The summed E-state index contributed by atoms with van der Waals surface area (Å²) in [6.45, 7) is 8.40. The Labute approximate surface area is 111 Å². The maximum atomic E-state index is 11.0. The molecule has 0 saturated heterocycles. The largest absolute Gasteiger partial charge is 0.478 e. The van der Waals surface area contributed by atoms with Gasteiger partial charge in [0.15, 0.2) is 0 Å². The van der Waals surface area contributed by atoms with Crippen LogP contribution in [0, 0.1) is 10.1 Å². The summed E-state index contributed by atoms with van der Waals surface area (Å²) in [5.74, 6) is -1.11. The molecule has 1 aromatic carbocycles. The van der Waals surface area contributed by atoms with E-state index in [0.29, 0.717) is 18.8 Å². The van der Waals surface area contributed by atoms with Crippen LogP contribution >= 0.6 is 0 Å². The molecule has 0 aromatic heterocycles. The van der Waals surface area contributed by atoms with Gasteiger partial charge in [0.1, 0.15) is 5.69 Å². The first-order valence-electron chi connectivity index (χ1n) is 5.77. The number of carboxylic acids is 1. The third kappa shape index (κ3) is 3.54. The molecular weight excluding hydrogens is 248 g/mol. The molecule has 0 fully saturated rings. The second kappa shape index (κ2) is 5.99. The Morgan fingerprint density at radius 3 is 2.58 bits per heavy atom. The van der Waals surface area contributed by atoms with Crippen LogP contribution in [0.2, 0.25) is 0 Å². The third-order valence-electron chi connectivity index (χ3n) is 2.60. The first-order valence-corrected chi connectivity index (χ1v) is 5.77. The minimum Gasteiger partial charge on any atom is -0.478 e. The molecule has 0 saturated carbocycles. The molecule has 6 nitrogen and oxygen atoms in total. The van der Waals surface area contributed by atoms with E-state index in [4.69, 9.17) is 5.11 Å². The molecule has 0 heterocycles. The van der Waals surface area contributed by atoms with E-state index in [1.54, 1.807) is 4.90 Å². The highest BCUT2D eigenvalue weighted by molar-refractivity contribution is 5.90. The molecule has 6 heteroatoms. The summed E-state index contributed by atoms with van der Waals surface area (Å²) in [6, 6.07) is 3.78. The number of aromatic carboxylic acids is 1. The van der Waals surface area contributed by atoms with Crippen LogP contribution in [0.1, 0.15) is 24.2 Å². The van der Waals surface area contributed by atoms with Crippen LogP contribution in [0.15, 0.2) is 30.4 Å². The lowest BCUT2D eigenvalue weighted by Crippen LogP contribution is -2.25. The molecule has 0 bridgehead atoms. The topological polar surface area (TPSA) is 83.7 Å². The van der Waals surface area contributed by atoms with E-state index in [0.717, 1.165) is 5.57 Å². The minimum atomic E-state index is -1.11. The average molecular weight is 264 g/mol. The first-order chi connectivity index (χ1) is 8.86. The molecule has 0 amide bonds. The smallest absolute Gasteiger partial charge is 0.335 e. The van der Waals surface area contributed by atoms with Crippen molar-refractivity contribution in [1.82, 2.24) is 0 Å². The predicted molar refractivity (Wildman–Crippen MR) is 72.8 cm³/mol. The molecule has 1 rings (SSSR count). The summed E-state index contributed by atoms with van der Waals surface area (Å²) in [6.07, 6.45) is 0.